The van der Waals surface area contributed by atoms with Crippen LogP contribution in [0.15, 0.2) is 72.8 Å². The number of hydrogen-bond acceptors (Lipinski definition) is 4. The summed E-state index contributed by atoms with van der Waals surface area (Å²) >= 11 is 0. The van der Waals surface area contributed by atoms with Gasteiger partial charge in [0.2, 0.25) is 0 Å². The molecule has 0 N–H and O–H groups in total. The van der Waals surface area contributed by atoms with E-state index in [4.69, 9.17) is 9.47 Å². The second kappa shape index (κ2) is 11.5. The SMILES string of the molecule is CC1(C)CC(OC(=O)c2cc(-c3ccc4cccc(C(=O)OC5CC(C)(C)CC(C)(C)C5)c4c3)cc3ccccc23)CC(C)(C)C1. The second-order valence-electron chi connectivity index (χ2n) is 17.4. The lowest BCUT2D eigenvalue weighted by molar-refractivity contribution is -0.0293. The molecule has 0 aliphatic heterocycles. The van der Waals surface area contributed by atoms with E-state index < -0.39 is 0 Å². The van der Waals surface area contributed by atoms with E-state index in [1.165, 1.54) is 0 Å². The number of rotatable bonds is 5. The molecule has 0 unspecified atom stereocenters. The van der Waals surface area contributed by atoms with Gasteiger partial charge in [0, 0.05) is 0 Å². The maximum Gasteiger partial charge on any atom is 0.339 e. The average molecular weight is 619 g/mol. The van der Waals surface area contributed by atoms with Crippen molar-refractivity contribution >= 4 is 33.5 Å². The van der Waals surface area contributed by atoms with Crippen LogP contribution in [-0.4, -0.2) is 24.1 Å². The first-order valence-electron chi connectivity index (χ1n) is 17.0. The Hall–Kier alpha value is -3.66. The molecule has 4 aromatic rings. The van der Waals surface area contributed by atoms with E-state index >= 15 is 0 Å². The summed E-state index contributed by atoms with van der Waals surface area (Å²) in [6, 6.07) is 24.1. The van der Waals surface area contributed by atoms with Gasteiger partial charge in [-0.1, -0.05) is 104 Å². The Kier molecular flexibility index (Phi) is 8.10. The van der Waals surface area contributed by atoms with Crippen LogP contribution < -0.4 is 0 Å². The Bertz CT molecular complexity index is 1780. The van der Waals surface area contributed by atoms with Crippen LogP contribution >= 0.6 is 0 Å². The lowest BCUT2D eigenvalue weighted by Gasteiger charge is -2.44. The van der Waals surface area contributed by atoms with Crippen LogP contribution in [0.5, 0.6) is 0 Å². The van der Waals surface area contributed by atoms with Crippen LogP contribution in [0.1, 0.15) is 115 Å². The zero-order valence-corrected chi connectivity index (χ0v) is 29.0. The van der Waals surface area contributed by atoms with Gasteiger partial charge in [-0.05, 0) is 117 Å². The quantitative estimate of drug-likeness (QED) is 0.209. The molecule has 0 aromatic heterocycles. The summed E-state index contributed by atoms with van der Waals surface area (Å²) < 4.78 is 12.5. The maximum absolute atomic E-state index is 13.9. The molecule has 2 aliphatic rings. The number of ether oxygens (including phenoxy) is 2. The molecular weight excluding hydrogens is 568 g/mol. The monoisotopic (exact) mass is 618 g/mol. The van der Waals surface area contributed by atoms with Crippen molar-refractivity contribution in [3.8, 4) is 11.1 Å². The van der Waals surface area contributed by atoms with Gasteiger partial charge in [0.15, 0.2) is 0 Å². The van der Waals surface area contributed by atoms with Gasteiger partial charge in [-0.15, -0.1) is 0 Å². The normalized spacial score (nSPS) is 20.8. The van der Waals surface area contributed by atoms with E-state index in [1.54, 1.807) is 0 Å². The van der Waals surface area contributed by atoms with Crippen molar-refractivity contribution in [1.29, 1.82) is 0 Å². The second-order valence-corrected chi connectivity index (χ2v) is 17.4. The molecule has 2 saturated carbocycles. The van der Waals surface area contributed by atoms with Gasteiger partial charge in [0.1, 0.15) is 12.2 Å². The van der Waals surface area contributed by atoms with Crippen molar-refractivity contribution in [3.63, 3.8) is 0 Å². The van der Waals surface area contributed by atoms with Crippen LogP contribution in [0, 0.1) is 21.7 Å². The van der Waals surface area contributed by atoms with Gasteiger partial charge < -0.3 is 9.47 Å². The van der Waals surface area contributed by atoms with Gasteiger partial charge in [0.25, 0.3) is 0 Å². The fraction of sp³-hybridized carbons (Fsp3) is 0.476. The molecule has 6 rings (SSSR count). The van der Waals surface area contributed by atoms with E-state index in [2.05, 4.69) is 73.6 Å². The predicted octanol–water partition coefficient (Wildman–Crippen LogP) is 11.2. The third kappa shape index (κ3) is 7.01. The van der Waals surface area contributed by atoms with Crippen molar-refractivity contribution in [2.75, 3.05) is 0 Å². The summed E-state index contributed by atoms with van der Waals surface area (Å²) in [5.41, 5.74) is 3.47. The first kappa shape index (κ1) is 32.3. The molecule has 0 radical (unpaired) electrons. The fourth-order valence-corrected chi connectivity index (χ4v) is 9.36. The van der Waals surface area contributed by atoms with Crippen molar-refractivity contribution in [3.05, 3.63) is 83.9 Å². The molecule has 0 spiro atoms. The van der Waals surface area contributed by atoms with Gasteiger partial charge >= 0.3 is 11.9 Å². The summed E-state index contributed by atoms with van der Waals surface area (Å²) in [6.45, 7) is 18.1. The Balaban J connectivity index is 1.34. The minimum atomic E-state index is -0.278. The molecule has 0 amide bonds. The highest BCUT2D eigenvalue weighted by molar-refractivity contribution is 6.08. The van der Waals surface area contributed by atoms with E-state index in [9.17, 15) is 9.59 Å². The van der Waals surface area contributed by atoms with E-state index in [0.717, 1.165) is 71.2 Å². The lowest BCUT2D eigenvalue weighted by Crippen LogP contribution is -2.38. The summed E-state index contributed by atoms with van der Waals surface area (Å²) in [7, 11) is 0. The lowest BCUT2D eigenvalue weighted by atomic mass is 9.64. The highest BCUT2D eigenvalue weighted by Gasteiger charge is 2.41. The molecule has 2 fully saturated rings. The largest absolute Gasteiger partial charge is 0.459 e. The Morgan fingerprint density at radius 1 is 0.522 bits per heavy atom. The van der Waals surface area contributed by atoms with Crippen LogP contribution in [0.3, 0.4) is 0 Å². The van der Waals surface area contributed by atoms with Crippen LogP contribution in [0.4, 0.5) is 0 Å². The third-order valence-electron chi connectivity index (χ3n) is 10.1. The molecular formula is C42H50O4. The minimum absolute atomic E-state index is 0.112. The third-order valence-corrected chi connectivity index (χ3v) is 10.1. The van der Waals surface area contributed by atoms with Crippen molar-refractivity contribution in [1.82, 2.24) is 0 Å². The van der Waals surface area contributed by atoms with E-state index in [0.29, 0.717) is 11.1 Å². The Labute approximate surface area is 274 Å². The van der Waals surface area contributed by atoms with Gasteiger partial charge in [-0.25, -0.2) is 9.59 Å². The number of esters is 2. The zero-order valence-electron chi connectivity index (χ0n) is 29.0. The molecule has 4 aromatic carbocycles. The Morgan fingerprint density at radius 3 is 1.63 bits per heavy atom. The zero-order chi connectivity index (χ0) is 33.1. The Morgan fingerprint density at radius 2 is 1.04 bits per heavy atom. The fourth-order valence-electron chi connectivity index (χ4n) is 9.36. The minimum Gasteiger partial charge on any atom is -0.459 e. The average Bonchev–Trinajstić information content (AvgIpc) is 2.92. The molecule has 46 heavy (non-hydrogen) atoms. The smallest absolute Gasteiger partial charge is 0.339 e. The van der Waals surface area contributed by atoms with Crippen LogP contribution in [0.25, 0.3) is 32.7 Å². The number of carbonyl (C=O) groups is 2. The van der Waals surface area contributed by atoms with Crippen LogP contribution in [-0.2, 0) is 9.47 Å². The summed E-state index contributed by atoms with van der Waals surface area (Å²) in [5, 5.41) is 3.69. The van der Waals surface area contributed by atoms with E-state index in [-0.39, 0.29) is 45.8 Å². The predicted molar refractivity (Wildman–Crippen MR) is 188 cm³/mol. The topological polar surface area (TPSA) is 52.6 Å². The van der Waals surface area contributed by atoms with Crippen molar-refractivity contribution in [2.45, 2.75) is 106 Å². The molecule has 4 heteroatoms. The van der Waals surface area contributed by atoms with Crippen molar-refractivity contribution < 1.29 is 19.1 Å². The highest BCUT2D eigenvalue weighted by atomic mass is 16.5. The van der Waals surface area contributed by atoms with Crippen molar-refractivity contribution in [2.24, 2.45) is 21.7 Å². The summed E-state index contributed by atoms with van der Waals surface area (Å²) in [5.74, 6) is -0.553. The number of carbonyl (C=O) groups excluding carboxylic acids is 2. The molecule has 4 nitrogen and oxygen atoms in total. The number of benzene rings is 4. The molecule has 242 valence electrons. The van der Waals surface area contributed by atoms with Gasteiger partial charge in [-0.2, -0.15) is 0 Å². The molecule has 0 atom stereocenters. The highest BCUT2D eigenvalue weighted by Crippen LogP contribution is 2.48. The molecule has 0 saturated heterocycles. The first-order valence-corrected chi connectivity index (χ1v) is 17.0. The number of fused-ring (bicyclic) bond motifs is 2. The maximum atomic E-state index is 13.9. The van der Waals surface area contributed by atoms with Crippen LogP contribution in [0.2, 0.25) is 0 Å². The molecule has 0 bridgehead atoms. The van der Waals surface area contributed by atoms with Gasteiger partial charge in [0.05, 0.1) is 11.1 Å². The van der Waals surface area contributed by atoms with Gasteiger partial charge in [-0.3, -0.25) is 0 Å². The molecule has 2 aliphatic carbocycles. The molecule has 0 heterocycles. The van der Waals surface area contributed by atoms with E-state index in [1.807, 2.05) is 54.6 Å². The summed E-state index contributed by atoms with van der Waals surface area (Å²) in [6.07, 6.45) is 5.44. The number of hydrogen-bond donors (Lipinski definition) is 0. The summed E-state index contributed by atoms with van der Waals surface area (Å²) in [4.78, 5) is 27.6. The standard InChI is InChI=1S/C42H50O4/c1-39(2)21-31(22-40(3,4)25-39)45-37(43)34-15-11-13-27-16-17-28(19-35(27)34)30-18-29-12-9-10-14-33(29)36(20-30)38(44)46-32-23-41(5,6)26-42(7,8)24-32/h9-20,31-32H,21-26H2,1-8H3. The first-order chi connectivity index (χ1) is 21.5.